The van der Waals surface area contributed by atoms with Gasteiger partial charge in [0.2, 0.25) is 0 Å². The lowest BCUT2D eigenvalue weighted by molar-refractivity contribution is 0.297. The SMILES string of the molecule is CCNC1Cc2ccc(OC)cc2C1(CC)CC.Cl. The van der Waals surface area contributed by atoms with Crippen molar-refractivity contribution in [2.75, 3.05) is 13.7 Å². The van der Waals surface area contributed by atoms with E-state index in [1.54, 1.807) is 7.11 Å². The first-order chi connectivity index (χ1) is 8.71. The van der Waals surface area contributed by atoms with Crippen molar-refractivity contribution >= 4 is 12.4 Å². The monoisotopic (exact) mass is 283 g/mol. The fraction of sp³-hybridized carbons (Fsp3) is 0.625. The van der Waals surface area contributed by atoms with Crippen molar-refractivity contribution in [2.45, 2.75) is 51.5 Å². The van der Waals surface area contributed by atoms with Crippen LogP contribution in [0.3, 0.4) is 0 Å². The second kappa shape index (κ2) is 6.62. The maximum atomic E-state index is 5.40. The van der Waals surface area contributed by atoms with Crippen LogP contribution in [0.4, 0.5) is 0 Å². The Bertz CT molecular complexity index is 415. The van der Waals surface area contributed by atoms with Crippen LogP contribution in [0, 0.1) is 0 Å². The first kappa shape index (κ1) is 16.3. The third-order valence-electron chi connectivity index (χ3n) is 4.66. The van der Waals surface area contributed by atoms with Gasteiger partial charge in [-0.1, -0.05) is 26.8 Å². The second-order valence-electron chi connectivity index (χ2n) is 5.20. The summed E-state index contributed by atoms with van der Waals surface area (Å²) in [6.07, 6.45) is 3.51. The Balaban J connectivity index is 0.00000180. The van der Waals surface area contributed by atoms with E-state index in [0.717, 1.165) is 18.7 Å². The van der Waals surface area contributed by atoms with E-state index < -0.39 is 0 Å². The van der Waals surface area contributed by atoms with E-state index in [1.807, 2.05) is 0 Å². The molecule has 0 radical (unpaired) electrons. The van der Waals surface area contributed by atoms with E-state index in [2.05, 4.69) is 44.3 Å². The second-order valence-corrected chi connectivity index (χ2v) is 5.20. The molecule has 0 fully saturated rings. The third-order valence-corrected chi connectivity index (χ3v) is 4.66. The van der Waals surface area contributed by atoms with E-state index in [-0.39, 0.29) is 17.8 Å². The van der Waals surface area contributed by atoms with Crippen LogP contribution in [0.5, 0.6) is 5.75 Å². The number of fused-ring (bicyclic) bond motifs is 1. The smallest absolute Gasteiger partial charge is 0.119 e. The lowest BCUT2D eigenvalue weighted by Crippen LogP contribution is -2.45. The maximum absolute atomic E-state index is 5.40. The predicted molar refractivity (Wildman–Crippen MR) is 83.7 cm³/mol. The van der Waals surface area contributed by atoms with Gasteiger partial charge in [-0.25, -0.2) is 0 Å². The third kappa shape index (κ3) is 2.61. The molecule has 0 aromatic heterocycles. The lowest BCUT2D eigenvalue weighted by atomic mass is 9.74. The molecule has 1 aromatic carbocycles. The molecule has 2 rings (SSSR count). The highest BCUT2D eigenvalue weighted by molar-refractivity contribution is 5.85. The number of likely N-dealkylation sites (N-methyl/N-ethyl adjacent to an activating group) is 1. The van der Waals surface area contributed by atoms with Crippen LogP contribution < -0.4 is 10.1 Å². The molecule has 2 nitrogen and oxygen atoms in total. The van der Waals surface area contributed by atoms with Crippen LogP contribution >= 0.6 is 12.4 Å². The molecule has 0 bridgehead atoms. The number of halogens is 1. The maximum Gasteiger partial charge on any atom is 0.119 e. The van der Waals surface area contributed by atoms with Crippen LogP contribution in [-0.2, 0) is 11.8 Å². The van der Waals surface area contributed by atoms with Crippen LogP contribution in [-0.4, -0.2) is 19.7 Å². The first-order valence-electron chi connectivity index (χ1n) is 7.12. The fourth-order valence-electron chi connectivity index (χ4n) is 3.56. The Morgan fingerprint density at radius 3 is 2.47 bits per heavy atom. The normalized spacial score (nSPS) is 19.7. The van der Waals surface area contributed by atoms with Gasteiger partial charge in [0.05, 0.1) is 7.11 Å². The molecule has 1 unspecified atom stereocenters. The van der Waals surface area contributed by atoms with Gasteiger partial charge in [0.15, 0.2) is 0 Å². The number of benzene rings is 1. The Labute approximate surface area is 123 Å². The summed E-state index contributed by atoms with van der Waals surface area (Å²) in [4.78, 5) is 0. The fourth-order valence-corrected chi connectivity index (χ4v) is 3.56. The minimum Gasteiger partial charge on any atom is -0.497 e. The summed E-state index contributed by atoms with van der Waals surface area (Å²) in [6, 6.07) is 7.15. The minimum absolute atomic E-state index is 0. The van der Waals surface area contributed by atoms with Crippen LogP contribution in [0.25, 0.3) is 0 Å². The summed E-state index contributed by atoms with van der Waals surface area (Å²) in [7, 11) is 1.75. The van der Waals surface area contributed by atoms with E-state index in [4.69, 9.17) is 4.74 Å². The largest absolute Gasteiger partial charge is 0.497 e. The predicted octanol–water partition coefficient (Wildman–Crippen LogP) is 3.71. The summed E-state index contributed by atoms with van der Waals surface area (Å²) < 4.78 is 5.40. The topological polar surface area (TPSA) is 21.3 Å². The molecule has 0 saturated carbocycles. The zero-order valence-electron chi connectivity index (χ0n) is 12.5. The van der Waals surface area contributed by atoms with Gasteiger partial charge in [0.1, 0.15) is 5.75 Å². The molecule has 3 heteroatoms. The molecule has 0 amide bonds. The van der Waals surface area contributed by atoms with Crippen molar-refractivity contribution in [3.05, 3.63) is 29.3 Å². The molecular formula is C16H26ClNO. The van der Waals surface area contributed by atoms with Gasteiger partial charge in [-0.15, -0.1) is 12.4 Å². The number of hydrogen-bond donors (Lipinski definition) is 1. The molecule has 1 aromatic rings. The van der Waals surface area contributed by atoms with Gasteiger partial charge in [-0.2, -0.15) is 0 Å². The molecule has 1 aliphatic rings. The molecule has 0 heterocycles. The highest BCUT2D eigenvalue weighted by Crippen LogP contribution is 2.45. The molecule has 1 aliphatic carbocycles. The molecule has 0 saturated heterocycles. The highest BCUT2D eigenvalue weighted by atomic mass is 35.5. The van der Waals surface area contributed by atoms with Gasteiger partial charge < -0.3 is 10.1 Å². The van der Waals surface area contributed by atoms with Crippen LogP contribution in [0.2, 0.25) is 0 Å². The van der Waals surface area contributed by atoms with Crippen molar-refractivity contribution in [3.63, 3.8) is 0 Å². The van der Waals surface area contributed by atoms with Crippen LogP contribution in [0.1, 0.15) is 44.7 Å². The van der Waals surface area contributed by atoms with Crippen LogP contribution in [0.15, 0.2) is 18.2 Å². The molecular weight excluding hydrogens is 258 g/mol. The number of ether oxygens (including phenoxy) is 1. The standard InChI is InChI=1S/C16H25NO.ClH/c1-5-16(6-2)14-11-13(18-4)9-8-12(14)10-15(16)17-7-3;/h8-9,11,15,17H,5-7,10H2,1-4H3;1H. The number of nitrogens with one attached hydrogen (secondary N) is 1. The van der Waals surface area contributed by atoms with Crippen molar-refractivity contribution in [1.29, 1.82) is 0 Å². The zero-order chi connectivity index (χ0) is 13.2. The molecule has 0 aliphatic heterocycles. The van der Waals surface area contributed by atoms with E-state index in [0.29, 0.717) is 6.04 Å². The Kier molecular flexibility index (Phi) is 5.69. The average molecular weight is 284 g/mol. The van der Waals surface area contributed by atoms with Gasteiger partial charge in [0, 0.05) is 11.5 Å². The number of methoxy groups -OCH3 is 1. The molecule has 108 valence electrons. The van der Waals surface area contributed by atoms with Gasteiger partial charge in [0.25, 0.3) is 0 Å². The Morgan fingerprint density at radius 1 is 1.26 bits per heavy atom. The lowest BCUT2D eigenvalue weighted by Gasteiger charge is -2.35. The molecule has 19 heavy (non-hydrogen) atoms. The summed E-state index contributed by atoms with van der Waals surface area (Å²) in [5.74, 6) is 0.983. The van der Waals surface area contributed by atoms with Gasteiger partial charge >= 0.3 is 0 Å². The first-order valence-corrected chi connectivity index (χ1v) is 7.12. The minimum atomic E-state index is 0. The number of rotatable bonds is 5. The van der Waals surface area contributed by atoms with E-state index >= 15 is 0 Å². The van der Waals surface area contributed by atoms with Crippen molar-refractivity contribution in [1.82, 2.24) is 5.32 Å². The van der Waals surface area contributed by atoms with Crippen molar-refractivity contribution in [3.8, 4) is 5.75 Å². The quantitative estimate of drug-likeness (QED) is 0.889. The van der Waals surface area contributed by atoms with Gasteiger partial charge in [-0.3, -0.25) is 0 Å². The van der Waals surface area contributed by atoms with Crippen molar-refractivity contribution in [2.24, 2.45) is 0 Å². The summed E-state index contributed by atoms with van der Waals surface area (Å²) >= 11 is 0. The Morgan fingerprint density at radius 2 is 1.95 bits per heavy atom. The highest BCUT2D eigenvalue weighted by Gasteiger charge is 2.43. The summed E-state index contributed by atoms with van der Waals surface area (Å²) in [5, 5.41) is 3.68. The van der Waals surface area contributed by atoms with Gasteiger partial charge in [-0.05, 0) is 49.1 Å². The van der Waals surface area contributed by atoms with E-state index in [1.165, 1.54) is 24.0 Å². The molecule has 0 spiro atoms. The molecule has 1 N–H and O–H groups in total. The average Bonchev–Trinajstić information content (AvgIpc) is 2.72. The number of hydrogen-bond acceptors (Lipinski definition) is 2. The molecule has 1 atom stereocenters. The summed E-state index contributed by atoms with van der Waals surface area (Å²) in [6.45, 7) is 7.85. The van der Waals surface area contributed by atoms with Crippen molar-refractivity contribution < 1.29 is 4.74 Å². The van der Waals surface area contributed by atoms with E-state index in [9.17, 15) is 0 Å². The summed E-state index contributed by atoms with van der Waals surface area (Å²) in [5.41, 5.74) is 3.27. The Hall–Kier alpha value is -0.730. The zero-order valence-corrected chi connectivity index (χ0v) is 13.3.